The number of rotatable bonds is 8. The number of amides is 4. The highest BCUT2D eigenvalue weighted by molar-refractivity contribution is 6.04. The van der Waals surface area contributed by atoms with Gasteiger partial charge in [0.15, 0.2) is 0 Å². The van der Waals surface area contributed by atoms with E-state index in [2.05, 4.69) is 31.7 Å². The molecule has 10 heteroatoms. The van der Waals surface area contributed by atoms with Crippen molar-refractivity contribution in [2.45, 2.75) is 11.8 Å². The molecule has 2 fully saturated rings. The molecule has 2 heterocycles. The Balaban J connectivity index is 1.14. The van der Waals surface area contributed by atoms with Gasteiger partial charge >= 0.3 is 0 Å². The van der Waals surface area contributed by atoms with Crippen molar-refractivity contribution in [1.82, 2.24) is 21.5 Å². The summed E-state index contributed by atoms with van der Waals surface area (Å²) in [5, 5.41) is 13.5. The molecule has 3 aromatic rings. The van der Waals surface area contributed by atoms with Crippen LogP contribution in [0.3, 0.4) is 0 Å². The zero-order valence-electron chi connectivity index (χ0n) is 21.5. The minimum absolute atomic E-state index is 0.254. The number of nitrogens with one attached hydrogen (secondary N) is 4. The summed E-state index contributed by atoms with van der Waals surface area (Å²) in [4.78, 5) is 50.0. The van der Waals surface area contributed by atoms with Crippen LogP contribution < -0.4 is 21.5 Å². The minimum Gasteiger partial charge on any atom is -0.355 e. The van der Waals surface area contributed by atoms with Gasteiger partial charge in [-0.25, -0.2) is 10.9 Å². The Kier molecular flexibility index (Phi) is 8.05. The maximum Gasteiger partial charge on any atom is 0.253 e. The minimum atomic E-state index is -0.855. The molecule has 202 valence electrons. The van der Waals surface area contributed by atoms with Crippen molar-refractivity contribution in [2.75, 3.05) is 13.1 Å². The first-order chi connectivity index (χ1) is 19.5. The summed E-state index contributed by atoms with van der Waals surface area (Å²) in [7, 11) is 0. The Morgan fingerprint density at radius 1 is 0.625 bits per heavy atom. The van der Waals surface area contributed by atoms with E-state index in [-0.39, 0.29) is 23.7 Å². The van der Waals surface area contributed by atoms with Crippen LogP contribution in [0.4, 0.5) is 0 Å². The van der Waals surface area contributed by atoms with Crippen molar-refractivity contribution in [3.63, 3.8) is 0 Å². The van der Waals surface area contributed by atoms with Gasteiger partial charge in [-0.15, -0.1) is 0 Å². The molecule has 40 heavy (non-hydrogen) atoms. The normalized spacial score (nSPS) is 22.3. The van der Waals surface area contributed by atoms with Gasteiger partial charge < -0.3 is 10.6 Å². The molecule has 4 amide bonds. The Hall–Kier alpha value is -5.12. The highest BCUT2D eigenvalue weighted by Gasteiger charge is 2.41. The van der Waals surface area contributed by atoms with Crippen LogP contribution in [0.2, 0.25) is 0 Å². The van der Waals surface area contributed by atoms with Gasteiger partial charge in [0, 0.05) is 24.9 Å². The predicted molar refractivity (Wildman–Crippen MR) is 149 cm³/mol. The second kappa shape index (κ2) is 12.2. The van der Waals surface area contributed by atoms with E-state index in [1.54, 1.807) is 24.3 Å². The standard InChI is InChI=1S/C30H28N6O4/c37-27-25(23(17-31-27)21-7-3-1-4-8-21)29(39)35-33-15-19-11-13-20(14-12-19)16-34-36-30(40)26-24(18-32-28(26)38)22-9-5-2-6-10-22/h1-16,23-26H,17-18H2,(H,31,37)(H,32,38)(H,35,39)(H,36,40)/b33-15-,34-16-/t23-,24-,25+,26+/m1/s1. The average Bonchev–Trinajstić information content (AvgIpc) is 3.57. The molecule has 3 aromatic carbocycles. The van der Waals surface area contributed by atoms with E-state index >= 15 is 0 Å². The second-order valence-electron chi connectivity index (χ2n) is 9.62. The van der Waals surface area contributed by atoms with E-state index in [9.17, 15) is 19.2 Å². The first kappa shape index (κ1) is 26.5. The summed E-state index contributed by atoms with van der Waals surface area (Å²) in [5.41, 5.74) is 8.21. The van der Waals surface area contributed by atoms with Crippen molar-refractivity contribution >= 4 is 36.1 Å². The van der Waals surface area contributed by atoms with Gasteiger partial charge in [-0.3, -0.25) is 19.2 Å². The molecule has 0 aliphatic carbocycles. The van der Waals surface area contributed by atoms with E-state index in [1.807, 2.05) is 60.7 Å². The smallest absolute Gasteiger partial charge is 0.253 e. The van der Waals surface area contributed by atoms with Gasteiger partial charge in [0.05, 0.1) is 12.4 Å². The SMILES string of the molecule is O=C1NC[C@H](c2ccccc2)[C@@H]1C(=O)N/N=C\c1ccc(/C=N\NC(=O)[C@@H]2C(=O)NC[C@@H]2c2ccccc2)cc1. The first-order valence-corrected chi connectivity index (χ1v) is 12.9. The lowest BCUT2D eigenvalue weighted by Gasteiger charge is -2.15. The molecule has 4 N–H and O–H groups in total. The highest BCUT2D eigenvalue weighted by atomic mass is 16.2. The molecular formula is C30H28N6O4. The summed E-state index contributed by atoms with van der Waals surface area (Å²) < 4.78 is 0. The number of carbonyl (C=O) groups is 4. The molecule has 0 unspecified atom stereocenters. The zero-order chi connectivity index (χ0) is 27.9. The summed E-state index contributed by atoms with van der Waals surface area (Å²) >= 11 is 0. The Morgan fingerprint density at radius 2 is 1.00 bits per heavy atom. The second-order valence-corrected chi connectivity index (χ2v) is 9.62. The third-order valence-corrected chi connectivity index (χ3v) is 7.10. The van der Waals surface area contributed by atoms with Gasteiger partial charge in [-0.2, -0.15) is 10.2 Å². The average molecular weight is 537 g/mol. The summed E-state index contributed by atoms with van der Waals surface area (Å²) in [6.45, 7) is 0.797. The molecule has 0 saturated carbocycles. The van der Waals surface area contributed by atoms with Crippen LogP contribution in [-0.4, -0.2) is 49.1 Å². The van der Waals surface area contributed by atoms with Crippen molar-refractivity contribution in [1.29, 1.82) is 0 Å². The molecule has 0 aromatic heterocycles. The van der Waals surface area contributed by atoms with E-state index in [0.717, 1.165) is 11.1 Å². The van der Waals surface area contributed by atoms with Crippen LogP contribution in [0.15, 0.2) is 95.1 Å². The van der Waals surface area contributed by atoms with Crippen LogP contribution in [0, 0.1) is 11.8 Å². The molecule has 5 rings (SSSR count). The number of hydrogen-bond acceptors (Lipinski definition) is 6. The van der Waals surface area contributed by atoms with Crippen molar-refractivity contribution in [3.8, 4) is 0 Å². The fraction of sp³-hybridized carbons (Fsp3) is 0.200. The molecule has 0 spiro atoms. The largest absolute Gasteiger partial charge is 0.355 e. The van der Waals surface area contributed by atoms with Crippen LogP contribution >= 0.6 is 0 Å². The van der Waals surface area contributed by atoms with Crippen LogP contribution in [-0.2, 0) is 19.2 Å². The van der Waals surface area contributed by atoms with E-state index in [4.69, 9.17) is 0 Å². The van der Waals surface area contributed by atoms with Gasteiger partial charge in [-0.1, -0.05) is 84.9 Å². The van der Waals surface area contributed by atoms with Crippen LogP contribution in [0.25, 0.3) is 0 Å². The quantitative estimate of drug-likeness (QED) is 0.197. The Bertz CT molecular complexity index is 1330. The van der Waals surface area contributed by atoms with Gasteiger partial charge in [0.1, 0.15) is 11.8 Å². The number of nitrogens with zero attached hydrogens (tertiary/aromatic N) is 2. The molecule has 2 aliphatic rings. The summed E-state index contributed by atoms with van der Waals surface area (Å²) in [6.07, 6.45) is 2.96. The number of hydrazone groups is 2. The van der Waals surface area contributed by atoms with Gasteiger partial charge in [-0.05, 0) is 22.3 Å². The zero-order valence-corrected chi connectivity index (χ0v) is 21.5. The topological polar surface area (TPSA) is 141 Å². The van der Waals surface area contributed by atoms with Crippen molar-refractivity contribution in [2.24, 2.45) is 22.0 Å². The molecule has 0 bridgehead atoms. The van der Waals surface area contributed by atoms with E-state index in [0.29, 0.717) is 24.2 Å². The maximum absolute atomic E-state index is 12.7. The van der Waals surface area contributed by atoms with Crippen molar-refractivity contribution in [3.05, 3.63) is 107 Å². The van der Waals surface area contributed by atoms with E-state index in [1.165, 1.54) is 12.4 Å². The Morgan fingerprint density at radius 3 is 1.38 bits per heavy atom. The third-order valence-electron chi connectivity index (χ3n) is 7.10. The fourth-order valence-electron chi connectivity index (χ4n) is 5.01. The number of carbonyl (C=O) groups excluding carboxylic acids is 4. The summed E-state index contributed by atoms with van der Waals surface area (Å²) in [6, 6.07) is 26.0. The van der Waals surface area contributed by atoms with Crippen LogP contribution in [0.1, 0.15) is 34.1 Å². The highest BCUT2D eigenvalue weighted by Crippen LogP contribution is 2.30. The number of benzene rings is 3. The molecule has 10 nitrogen and oxygen atoms in total. The first-order valence-electron chi connectivity index (χ1n) is 12.9. The summed E-state index contributed by atoms with van der Waals surface area (Å²) in [5.74, 6) is -3.79. The maximum atomic E-state index is 12.7. The lowest BCUT2D eigenvalue weighted by Crippen LogP contribution is -2.34. The molecule has 4 atom stereocenters. The molecule has 2 aliphatic heterocycles. The third kappa shape index (κ3) is 5.96. The van der Waals surface area contributed by atoms with Gasteiger partial charge in [0.2, 0.25) is 11.8 Å². The van der Waals surface area contributed by atoms with E-state index < -0.39 is 23.7 Å². The Labute approximate surface area is 230 Å². The number of hydrogen-bond donors (Lipinski definition) is 4. The lowest BCUT2D eigenvalue weighted by atomic mass is 9.88. The van der Waals surface area contributed by atoms with Crippen molar-refractivity contribution < 1.29 is 19.2 Å². The van der Waals surface area contributed by atoms with Crippen LogP contribution in [0.5, 0.6) is 0 Å². The lowest BCUT2D eigenvalue weighted by molar-refractivity contribution is -0.135. The molecule has 2 saturated heterocycles. The monoisotopic (exact) mass is 536 g/mol. The molecule has 0 radical (unpaired) electrons. The molecular weight excluding hydrogens is 508 g/mol. The predicted octanol–water partition coefficient (Wildman–Crippen LogP) is 1.65. The fourth-order valence-corrected chi connectivity index (χ4v) is 5.01. The van der Waals surface area contributed by atoms with Gasteiger partial charge in [0.25, 0.3) is 11.8 Å².